The molecule has 1 unspecified atom stereocenters. The number of hydrogen-bond acceptors (Lipinski definition) is 3. The van der Waals surface area contributed by atoms with Crippen LogP contribution in [0.3, 0.4) is 0 Å². The van der Waals surface area contributed by atoms with Crippen LogP contribution >= 0.6 is 0 Å². The second-order valence-corrected chi connectivity index (χ2v) is 3.82. The molecule has 2 atom stereocenters. The first-order valence-corrected chi connectivity index (χ1v) is 4.91. The van der Waals surface area contributed by atoms with Crippen molar-refractivity contribution in [3.8, 4) is 0 Å². The minimum Gasteiger partial charge on any atom is -0.480 e. The van der Waals surface area contributed by atoms with Gasteiger partial charge in [-0.15, -0.1) is 0 Å². The number of hydrogen-bond donors (Lipinski definition) is 2. The predicted octanol–water partition coefficient (Wildman–Crippen LogP) is 1.32. The van der Waals surface area contributed by atoms with E-state index in [1.54, 1.807) is 0 Å². The zero-order valence-corrected chi connectivity index (χ0v) is 8.21. The number of rotatable bonds is 2. The van der Waals surface area contributed by atoms with Crippen molar-refractivity contribution in [2.45, 2.75) is 18.4 Å². The van der Waals surface area contributed by atoms with Crippen molar-refractivity contribution >= 4 is 5.97 Å². The van der Waals surface area contributed by atoms with E-state index in [4.69, 9.17) is 5.11 Å². The van der Waals surface area contributed by atoms with E-state index in [9.17, 15) is 10.0 Å². The van der Waals surface area contributed by atoms with Gasteiger partial charge in [0.25, 0.3) is 0 Å². The Kier molecular flexibility index (Phi) is 2.70. The maximum Gasteiger partial charge on any atom is 0.323 e. The van der Waals surface area contributed by atoms with Crippen molar-refractivity contribution in [1.29, 1.82) is 0 Å². The summed E-state index contributed by atoms with van der Waals surface area (Å²) in [6.07, 6.45) is 0.468. The number of nitrogens with zero attached hydrogens (tertiary/aromatic N) is 1. The molecule has 80 valence electrons. The van der Waals surface area contributed by atoms with Crippen molar-refractivity contribution in [1.82, 2.24) is 5.06 Å². The van der Waals surface area contributed by atoms with Gasteiger partial charge in [0.1, 0.15) is 6.04 Å². The lowest BCUT2D eigenvalue weighted by molar-refractivity contribution is -0.161. The summed E-state index contributed by atoms with van der Waals surface area (Å²) in [6, 6.07) is 8.92. The number of benzene rings is 1. The molecule has 0 saturated carbocycles. The Morgan fingerprint density at radius 3 is 2.53 bits per heavy atom. The summed E-state index contributed by atoms with van der Waals surface area (Å²) in [6.45, 7) is 0.390. The Bertz CT molecular complexity index is 352. The molecular weight excluding hydrogens is 194 g/mol. The predicted molar refractivity (Wildman–Crippen MR) is 53.7 cm³/mol. The maximum absolute atomic E-state index is 10.8. The fourth-order valence-electron chi connectivity index (χ4n) is 2.01. The van der Waals surface area contributed by atoms with E-state index in [0.717, 1.165) is 10.6 Å². The molecule has 4 nitrogen and oxygen atoms in total. The Morgan fingerprint density at radius 1 is 1.33 bits per heavy atom. The van der Waals surface area contributed by atoms with Crippen molar-refractivity contribution < 1.29 is 15.1 Å². The molecule has 15 heavy (non-hydrogen) atoms. The standard InChI is InChI=1S/C11H13NO3/c13-11(14)10-6-9(7-12(10)15)8-4-2-1-3-5-8/h1-5,9-10,15H,6-7H2,(H,13,14)/t9?,10-/m0/s1. The van der Waals surface area contributed by atoms with Crippen LogP contribution in [-0.4, -0.2) is 33.9 Å². The van der Waals surface area contributed by atoms with Crippen LogP contribution < -0.4 is 0 Å². The van der Waals surface area contributed by atoms with Crippen LogP contribution in [0.4, 0.5) is 0 Å². The van der Waals surface area contributed by atoms with E-state index >= 15 is 0 Å². The van der Waals surface area contributed by atoms with Crippen LogP contribution in [0.25, 0.3) is 0 Å². The number of carboxylic acids is 1. The van der Waals surface area contributed by atoms with Crippen LogP contribution in [0.5, 0.6) is 0 Å². The Hall–Kier alpha value is -1.39. The number of hydroxylamine groups is 2. The highest BCUT2D eigenvalue weighted by atomic mass is 16.5. The molecule has 0 bridgehead atoms. The molecular formula is C11H13NO3. The molecule has 4 heteroatoms. The lowest BCUT2D eigenvalue weighted by Gasteiger charge is -2.11. The van der Waals surface area contributed by atoms with Crippen LogP contribution in [-0.2, 0) is 4.79 Å². The SMILES string of the molecule is O=C(O)[C@@H]1CC(c2ccccc2)CN1O. The Labute approximate surface area is 87.7 Å². The van der Waals surface area contributed by atoms with Gasteiger partial charge in [0, 0.05) is 12.5 Å². The monoisotopic (exact) mass is 207 g/mol. The van der Waals surface area contributed by atoms with Gasteiger partial charge in [-0.25, -0.2) is 0 Å². The van der Waals surface area contributed by atoms with E-state index in [-0.39, 0.29) is 5.92 Å². The van der Waals surface area contributed by atoms with E-state index < -0.39 is 12.0 Å². The topological polar surface area (TPSA) is 60.8 Å². The molecule has 0 radical (unpaired) electrons. The highest BCUT2D eigenvalue weighted by Crippen LogP contribution is 2.30. The summed E-state index contributed by atoms with van der Waals surface area (Å²) in [5.41, 5.74) is 1.08. The lowest BCUT2D eigenvalue weighted by Crippen LogP contribution is -2.32. The number of carboxylic acid groups (broad SMARTS) is 1. The number of carbonyl (C=O) groups is 1. The lowest BCUT2D eigenvalue weighted by atomic mass is 9.96. The van der Waals surface area contributed by atoms with Crippen LogP contribution in [0.1, 0.15) is 17.9 Å². The molecule has 1 fully saturated rings. The zero-order chi connectivity index (χ0) is 10.8. The Morgan fingerprint density at radius 2 is 2.00 bits per heavy atom. The van der Waals surface area contributed by atoms with Gasteiger partial charge < -0.3 is 10.3 Å². The molecule has 1 aliphatic rings. The molecule has 1 aromatic rings. The highest BCUT2D eigenvalue weighted by Gasteiger charge is 2.36. The van der Waals surface area contributed by atoms with Gasteiger partial charge >= 0.3 is 5.97 Å². The van der Waals surface area contributed by atoms with Gasteiger partial charge in [-0.05, 0) is 12.0 Å². The van der Waals surface area contributed by atoms with Crippen LogP contribution in [0.15, 0.2) is 30.3 Å². The van der Waals surface area contributed by atoms with E-state index in [0.29, 0.717) is 13.0 Å². The average Bonchev–Trinajstić information content (AvgIpc) is 2.62. The Balaban J connectivity index is 2.13. The summed E-state index contributed by atoms with van der Waals surface area (Å²) in [4.78, 5) is 10.8. The molecule has 1 aliphatic heterocycles. The van der Waals surface area contributed by atoms with Gasteiger partial charge in [0.05, 0.1) is 0 Å². The molecule has 1 heterocycles. The average molecular weight is 207 g/mol. The second kappa shape index (κ2) is 4.00. The third-order valence-corrected chi connectivity index (χ3v) is 2.83. The third-order valence-electron chi connectivity index (χ3n) is 2.83. The molecule has 0 spiro atoms. The van der Waals surface area contributed by atoms with Crippen LogP contribution in [0.2, 0.25) is 0 Å². The van der Waals surface area contributed by atoms with Crippen molar-refractivity contribution in [2.75, 3.05) is 6.54 Å². The second-order valence-electron chi connectivity index (χ2n) is 3.82. The molecule has 2 rings (SSSR count). The molecule has 1 aromatic carbocycles. The first-order chi connectivity index (χ1) is 7.18. The molecule has 0 aliphatic carbocycles. The van der Waals surface area contributed by atoms with Crippen molar-refractivity contribution in [2.24, 2.45) is 0 Å². The molecule has 1 saturated heterocycles. The van der Waals surface area contributed by atoms with Crippen LogP contribution in [0, 0.1) is 0 Å². The fourth-order valence-corrected chi connectivity index (χ4v) is 2.01. The first kappa shape index (κ1) is 10.1. The van der Waals surface area contributed by atoms with E-state index in [2.05, 4.69) is 0 Å². The largest absolute Gasteiger partial charge is 0.480 e. The third kappa shape index (κ3) is 2.00. The summed E-state index contributed by atoms with van der Waals surface area (Å²) in [7, 11) is 0. The van der Waals surface area contributed by atoms with Gasteiger partial charge in [-0.3, -0.25) is 4.79 Å². The van der Waals surface area contributed by atoms with Gasteiger partial charge in [0.15, 0.2) is 0 Å². The van der Waals surface area contributed by atoms with E-state index in [1.165, 1.54) is 0 Å². The van der Waals surface area contributed by atoms with Gasteiger partial charge in [-0.1, -0.05) is 30.3 Å². The number of aliphatic carboxylic acids is 1. The molecule has 0 aromatic heterocycles. The van der Waals surface area contributed by atoms with Crippen molar-refractivity contribution in [3.05, 3.63) is 35.9 Å². The zero-order valence-electron chi connectivity index (χ0n) is 8.21. The fraction of sp³-hybridized carbons (Fsp3) is 0.364. The molecule has 2 N–H and O–H groups in total. The quantitative estimate of drug-likeness (QED) is 0.767. The smallest absolute Gasteiger partial charge is 0.323 e. The van der Waals surface area contributed by atoms with Gasteiger partial charge in [-0.2, -0.15) is 5.06 Å². The van der Waals surface area contributed by atoms with Gasteiger partial charge in [0.2, 0.25) is 0 Å². The van der Waals surface area contributed by atoms with E-state index in [1.807, 2.05) is 30.3 Å². The first-order valence-electron chi connectivity index (χ1n) is 4.91. The highest BCUT2D eigenvalue weighted by molar-refractivity contribution is 5.73. The minimum absolute atomic E-state index is 0.109. The maximum atomic E-state index is 10.8. The summed E-state index contributed by atoms with van der Waals surface area (Å²) in [5, 5.41) is 19.2. The summed E-state index contributed by atoms with van der Waals surface area (Å²) < 4.78 is 0. The normalized spacial score (nSPS) is 26.7. The minimum atomic E-state index is -0.962. The molecule has 0 amide bonds. The van der Waals surface area contributed by atoms with Crippen molar-refractivity contribution in [3.63, 3.8) is 0 Å². The summed E-state index contributed by atoms with van der Waals surface area (Å²) >= 11 is 0. The summed E-state index contributed by atoms with van der Waals surface area (Å²) in [5.74, 6) is -0.853.